The molecule has 4 heteroatoms. The number of thiazole rings is 1. The van der Waals surface area contributed by atoms with E-state index >= 15 is 0 Å². The first-order chi connectivity index (χ1) is 8.67. The molecule has 1 aromatic heterocycles. The smallest absolute Gasteiger partial charge is 0.144 e. The number of hydrogen-bond donors (Lipinski definition) is 0. The third-order valence-electron chi connectivity index (χ3n) is 2.58. The predicted octanol–water partition coefficient (Wildman–Crippen LogP) is 2.81. The Morgan fingerprint density at radius 1 is 1.28 bits per heavy atom. The van der Waals surface area contributed by atoms with Gasteiger partial charge >= 0.3 is 0 Å². The van der Waals surface area contributed by atoms with Gasteiger partial charge in [-0.15, -0.1) is 11.3 Å². The van der Waals surface area contributed by atoms with Crippen LogP contribution >= 0.6 is 11.3 Å². The van der Waals surface area contributed by atoms with Crippen LogP contribution in [0.3, 0.4) is 0 Å². The zero-order valence-corrected chi connectivity index (χ0v) is 11.3. The Labute approximate surface area is 110 Å². The first-order valence-electron chi connectivity index (χ1n) is 5.73. The van der Waals surface area contributed by atoms with Crippen molar-refractivity contribution in [1.29, 1.82) is 0 Å². The maximum atomic E-state index is 11.9. The molecule has 0 saturated carbocycles. The lowest BCUT2D eigenvalue weighted by Crippen LogP contribution is -2.06. The van der Waals surface area contributed by atoms with Crippen LogP contribution in [0.4, 0.5) is 0 Å². The summed E-state index contributed by atoms with van der Waals surface area (Å²) in [7, 11) is 1.63. The van der Waals surface area contributed by atoms with Gasteiger partial charge in [-0.3, -0.25) is 4.79 Å². The van der Waals surface area contributed by atoms with Crippen LogP contribution in [0.1, 0.15) is 16.3 Å². The number of carbonyl (C=O) groups excluding carboxylic acids is 1. The number of Topliss-reactive ketones (excluding diaryl/α,β-unsaturated/α-hetero) is 1. The summed E-state index contributed by atoms with van der Waals surface area (Å²) in [6.07, 6.45) is 0.868. The van der Waals surface area contributed by atoms with E-state index < -0.39 is 0 Å². The van der Waals surface area contributed by atoms with E-state index in [4.69, 9.17) is 4.74 Å². The third kappa shape index (κ3) is 3.40. The second-order valence-electron chi connectivity index (χ2n) is 4.12. The Hall–Kier alpha value is -1.68. The van der Waals surface area contributed by atoms with E-state index in [1.165, 1.54) is 0 Å². The SMILES string of the molecule is COc1ccc(CC(=O)Cc2nc(C)cs2)cc1. The molecule has 1 heterocycles. The molecule has 1 aromatic carbocycles. The molecular weight excluding hydrogens is 246 g/mol. The molecule has 0 atom stereocenters. The Morgan fingerprint density at radius 2 is 2.00 bits per heavy atom. The van der Waals surface area contributed by atoms with Crippen LogP contribution in [0.2, 0.25) is 0 Å². The van der Waals surface area contributed by atoms with E-state index in [-0.39, 0.29) is 5.78 Å². The minimum Gasteiger partial charge on any atom is -0.497 e. The number of ketones is 1. The summed E-state index contributed by atoms with van der Waals surface area (Å²) in [6.45, 7) is 1.94. The van der Waals surface area contributed by atoms with Crippen molar-refractivity contribution >= 4 is 17.1 Å². The molecular formula is C14H15NO2S. The van der Waals surface area contributed by atoms with Gasteiger partial charge in [0.1, 0.15) is 16.5 Å². The molecule has 0 spiro atoms. The van der Waals surface area contributed by atoms with Gasteiger partial charge < -0.3 is 4.74 Å². The summed E-state index contributed by atoms with van der Waals surface area (Å²) in [4.78, 5) is 16.2. The molecule has 0 aliphatic carbocycles. The van der Waals surface area contributed by atoms with Gasteiger partial charge in [-0.2, -0.15) is 0 Å². The quantitative estimate of drug-likeness (QED) is 0.830. The predicted molar refractivity (Wildman–Crippen MR) is 72.3 cm³/mol. The van der Waals surface area contributed by atoms with Crippen molar-refractivity contribution in [2.24, 2.45) is 0 Å². The highest BCUT2D eigenvalue weighted by molar-refractivity contribution is 7.09. The molecule has 0 aliphatic heterocycles. The topological polar surface area (TPSA) is 39.2 Å². The maximum absolute atomic E-state index is 11.9. The van der Waals surface area contributed by atoms with E-state index in [2.05, 4.69) is 4.98 Å². The Bertz CT molecular complexity index is 531. The fraction of sp³-hybridized carbons (Fsp3) is 0.286. The van der Waals surface area contributed by atoms with Crippen LogP contribution < -0.4 is 4.74 Å². The van der Waals surface area contributed by atoms with Crippen molar-refractivity contribution in [3.63, 3.8) is 0 Å². The molecule has 0 bridgehead atoms. The lowest BCUT2D eigenvalue weighted by Gasteiger charge is -2.02. The Balaban J connectivity index is 1.94. The number of aromatic nitrogens is 1. The normalized spacial score (nSPS) is 10.3. The van der Waals surface area contributed by atoms with Gasteiger partial charge in [-0.05, 0) is 24.6 Å². The van der Waals surface area contributed by atoms with Gasteiger partial charge in [0, 0.05) is 17.5 Å². The second kappa shape index (κ2) is 5.78. The lowest BCUT2D eigenvalue weighted by molar-refractivity contribution is -0.117. The lowest BCUT2D eigenvalue weighted by atomic mass is 10.1. The molecule has 0 fully saturated rings. The number of nitrogens with zero attached hydrogens (tertiary/aromatic N) is 1. The van der Waals surface area contributed by atoms with Crippen molar-refractivity contribution in [2.75, 3.05) is 7.11 Å². The van der Waals surface area contributed by atoms with Crippen molar-refractivity contribution < 1.29 is 9.53 Å². The molecule has 0 radical (unpaired) electrons. The first-order valence-corrected chi connectivity index (χ1v) is 6.61. The zero-order chi connectivity index (χ0) is 13.0. The Morgan fingerprint density at radius 3 is 2.56 bits per heavy atom. The van der Waals surface area contributed by atoms with E-state index in [9.17, 15) is 4.79 Å². The van der Waals surface area contributed by atoms with Crippen LogP contribution in [0, 0.1) is 6.92 Å². The minimum absolute atomic E-state index is 0.189. The number of ether oxygens (including phenoxy) is 1. The second-order valence-corrected chi connectivity index (χ2v) is 5.07. The van der Waals surface area contributed by atoms with Crippen molar-refractivity contribution in [3.05, 3.63) is 45.9 Å². The molecule has 3 nitrogen and oxygen atoms in total. The van der Waals surface area contributed by atoms with Crippen LogP contribution in [0.5, 0.6) is 5.75 Å². The number of aryl methyl sites for hydroxylation is 1. The molecule has 2 aromatic rings. The molecule has 2 rings (SSSR count). The summed E-state index contributed by atoms with van der Waals surface area (Å²) in [5, 5.41) is 2.86. The van der Waals surface area contributed by atoms with E-state index in [1.54, 1.807) is 18.4 Å². The zero-order valence-electron chi connectivity index (χ0n) is 10.5. The van der Waals surface area contributed by atoms with Gasteiger partial charge in [0.25, 0.3) is 0 Å². The largest absolute Gasteiger partial charge is 0.497 e. The maximum Gasteiger partial charge on any atom is 0.144 e. The third-order valence-corrected chi connectivity index (χ3v) is 3.54. The average Bonchev–Trinajstić information content (AvgIpc) is 2.75. The van der Waals surface area contributed by atoms with Gasteiger partial charge in [0.05, 0.1) is 13.5 Å². The fourth-order valence-corrected chi connectivity index (χ4v) is 2.49. The molecule has 0 amide bonds. The highest BCUT2D eigenvalue weighted by Crippen LogP contribution is 2.14. The fourth-order valence-electron chi connectivity index (χ4n) is 1.69. The Kier molecular flexibility index (Phi) is 4.10. The molecule has 0 saturated heterocycles. The van der Waals surface area contributed by atoms with Crippen LogP contribution in [0.25, 0.3) is 0 Å². The van der Waals surface area contributed by atoms with Crippen molar-refractivity contribution in [1.82, 2.24) is 4.98 Å². The number of benzene rings is 1. The van der Waals surface area contributed by atoms with Crippen LogP contribution in [-0.2, 0) is 17.6 Å². The van der Waals surface area contributed by atoms with Crippen molar-refractivity contribution in [2.45, 2.75) is 19.8 Å². The molecule has 0 aliphatic rings. The molecule has 18 heavy (non-hydrogen) atoms. The summed E-state index contributed by atoms with van der Waals surface area (Å²) in [5.41, 5.74) is 1.99. The van der Waals surface area contributed by atoms with E-state index in [0.717, 1.165) is 22.0 Å². The van der Waals surface area contributed by atoms with Crippen LogP contribution in [0.15, 0.2) is 29.6 Å². The highest BCUT2D eigenvalue weighted by Gasteiger charge is 2.08. The summed E-state index contributed by atoms with van der Waals surface area (Å²) in [5.74, 6) is 0.997. The van der Waals surface area contributed by atoms with Gasteiger partial charge in [-0.25, -0.2) is 4.98 Å². The number of methoxy groups -OCH3 is 1. The molecule has 0 N–H and O–H groups in total. The van der Waals surface area contributed by atoms with Gasteiger partial charge in [0.15, 0.2) is 0 Å². The standard InChI is InChI=1S/C14H15NO2S/c1-10-9-18-14(15-10)8-12(16)7-11-3-5-13(17-2)6-4-11/h3-6,9H,7-8H2,1-2H3. The van der Waals surface area contributed by atoms with E-state index in [0.29, 0.717) is 12.8 Å². The monoisotopic (exact) mass is 261 g/mol. The first kappa shape index (κ1) is 12.8. The number of carbonyl (C=O) groups is 1. The molecule has 94 valence electrons. The minimum atomic E-state index is 0.189. The van der Waals surface area contributed by atoms with E-state index in [1.807, 2.05) is 36.6 Å². The van der Waals surface area contributed by atoms with Crippen LogP contribution in [-0.4, -0.2) is 17.9 Å². The highest BCUT2D eigenvalue weighted by atomic mass is 32.1. The number of rotatable bonds is 5. The summed E-state index contributed by atoms with van der Waals surface area (Å²) >= 11 is 1.54. The van der Waals surface area contributed by atoms with Gasteiger partial charge in [-0.1, -0.05) is 12.1 Å². The number of hydrogen-bond acceptors (Lipinski definition) is 4. The summed E-state index contributed by atoms with van der Waals surface area (Å²) in [6, 6.07) is 7.58. The molecule has 0 unspecified atom stereocenters. The van der Waals surface area contributed by atoms with Crippen molar-refractivity contribution in [3.8, 4) is 5.75 Å². The summed E-state index contributed by atoms with van der Waals surface area (Å²) < 4.78 is 5.08. The van der Waals surface area contributed by atoms with Gasteiger partial charge in [0.2, 0.25) is 0 Å². The average molecular weight is 261 g/mol.